The van der Waals surface area contributed by atoms with Crippen LogP contribution in [0.1, 0.15) is 41.6 Å². The third-order valence-electron chi connectivity index (χ3n) is 5.14. The van der Waals surface area contributed by atoms with Gasteiger partial charge in [-0.15, -0.1) is 0 Å². The average Bonchev–Trinajstić information content (AvgIpc) is 3.16. The first kappa shape index (κ1) is 17.5. The van der Waals surface area contributed by atoms with Crippen LogP contribution in [0.25, 0.3) is 0 Å². The number of carboxylic acids is 1. The summed E-state index contributed by atoms with van der Waals surface area (Å²) in [5.74, 6) is -0.707. The van der Waals surface area contributed by atoms with E-state index in [9.17, 15) is 14.4 Å². The highest BCUT2D eigenvalue weighted by atomic mass is 16.4. The van der Waals surface area contributed by atoms with E-state index in [1.807, 2.05) is 4.90 Å². The van der Waals surface area contributed by atoms with Crippen molar-refractivity contribution >= 4 is 17.8 Å². The summed E-state index contributed by atoms with van der Waals surface area (Å²) in [6, 6.07) is 6.50. The highest BCUT2D eigenvalue weighted by Gasteiger charge is 2.31. The fourth-order valence-corrected chi connectivity index (χ4v) is 3.67. The summed E-state index contributed by atoms with van der Waals surface area (Å²) in [5, 5.41) is 9.03. The van der Waals surface area contributed by atoms with Crippen LogP contribution in [0.5, 0.6) is 0 Å². The van der Waals surface area contributed by atoms with Gasteiger partial charge < -0.3 is 14.9 Å². The topological polar surface area (TPSA) is 77.9 Å². The minimum absolute atomic E-state index is 0.00499. The van der Waals surface area contributed by atoms with Crippen LogP contribution in [0, 0.1) is 5.92 Å². The molecule has 0 bridgehead atoms. The predicted octanol–water partition coefficient (Wildman–Crippen LogP) is 1.79. The molecule has 2 saturated heterocycles. The maximum Gasteiger partial charge on any atom is 0.335 e. The number of benzene rings is 1. The Morgan fingerprint density at radius 3 is 2.32 bits per heavy atom. The van der Waals surface area contributed by atoms with Gasteiger partial charge in [0.2, 0.25) is 11.8 Å². The van der Waals surface area contributed by atoms with Crippen molar-refractivity contribution in [3.05, 3.63) is 35.4 Å². The van der Waals surface area contributed by atoms with Gasteiger partial charge in [-0.05, 0) is 43.4 Å². The zero-order valence-electron chi connectivity index (χ0n) is 14.3. The summed E-state index contributed by atoms with van der Waals surface area (Å²) in [6.07, 6.45) is 3.83. The lowest BCUT2D eigenvalue weighted by Crippen LogP contribution is -2.44. The molecule has 2 amide bonds. The summed E-state index contributed by atoms with van der Waals surface area (Å²) in [6.45, 7) is 2.94. The summed E-state index contributed by atoms with van der Waals surface area (Å²) >= 11 is 0. The van der Waals surface area contributed by atoms with Crippen LogP contribution in [-0.4, -0.2) is 58.9 Å². The highest BCUT2D eigenvalue weighted by Crippen LogP contribution is 2.22. The lowest BCUT2D eigenvalue weighted by Gasteiger charge is -2.33. The van der Waals surface area contributed by atoms with E-state index in [0.717, 1.165) is 38.8 Å². The summed E-state index contributed by atoms with van der Waals surface area (Å²) in [5.41, 5.74) is 0.903. The molecule has 0 radical (unpaired) electrons. The molecule has 1 N–H and O–H groups in total. The fraction of sp³-hybridized carbons (Fsp3) is 0.526. The quantitative estimate of drug-likeness (QED) is 0.903. The summed E-state index contributed by atoms with van der Waals surface area (Å²) in [4.78, 5) is 39.7. The van der Waals surface area contributed by atoms with E-state index in [1.165, 1.54) is 6.07 Å². The molecular weight excluding hydrogens is 320 g/mol. The number of carbonyl (C=O) groups is 3. The second kappa shape index (κ2) is 7.68. The molecule has 3 rings (SSSR count). The molecule has 0 aromatic heterocycles. The molecule has 1 aromatic rings. The third-order valence-corrected chi connectivity index (χ3v) is 5.14. The largest absolute Gasteiger partial charge is 0.478 e. The molecule has 6 heteroatoms. The van der Waals surface area contributed by atoms with Crippen molar-refractivity contribution in [2.45, 2.75) is 32.1 Å². The molecule has 134 valence electrons. The lowest BCUT2D eigenvalue weighted by atomic mass is 9.95. The van der Waals surface area contributed by atoms with Crippen LogP contribution >= 0.6 is 0 Å². The number of carbonyl (C=O) groups excluding carboxylic acids is 2. The molecule has 2 fully saturated rings. The normalized spacial score (nSPS) is 18.4. The van der Waals surface area contributed by atoms with E-state index in [2.05, 4.69) is 0 Å². The Bertz CT molecular complexity index is 659. The highest BCUT2D eigenvalue weighted by molar-refractivity contribution is 5.88. The van der Waals surface area contributed by atoms with Crippen molar-refractivity contribution in [1.29, 1.82) is 0 Å². The van der Waals surface area contributed by atoms with Crippen LogP contribution in [-0.2, 0) is 16.0 Å². The van der Waals surface area contributed by atoms with Crippen molar-refractivity contribution in [2.75, 3.05) is 26.2 Å². The number of aromatic carboxylic acids is 1. The van der Waals surface area contributed by atoms with Gasteiger partial charge in [-0.2, -0.15) is 0 Å². The Morgan fingerprint density at radius 1 is 1.00 bits per heavy atom. The molecule has 1 aromatic carbocycles. The molecular formula is C19H24N2O4. The number of likely N-dealkylation sites (tertiary alicyclic amines) is 2. The number of nitrogens with zero attached hydrogens (tertiary/aromatic N) is 2. The van der Waals surface area contributed by atoms with E-state index in [-0.39, 0.29) is 29.7 Å². The molecule has 25 heavy (non-hydrogen) atoms. The van der Waals surface area contributed by atoms with Crippen molar-refractivity contribution in [3.8, 4) is 0 Å². The molecule has 0 spiro atoms. The number of carboxylic acid groups (broad SMARTS) is 1. The summed E-state index contributed by atoms with van der Waals surface area (Å²) < 4.78 is 0. The average molecular weight is 344 g/mol. The van der Waals surface area contributed by atoms with E-state index in [0.29, 0.717) is 18.7 Å². The van der Waals surface area contributed by atoms with E-state index < -0.39 is 5.97 Å². The molecule has 2 aliphatic rings. The van der Waals surface area contributed by atoms with Crippen molar-refractivity contribution in [1.82, 2.24) is 9.80 Å². The zero-order valence-corrected chi connectivity index (χ0v) is 14.3. The fourth-order valence-electron chi connectivity index (χ4n) is 3.67. The standard InChI is InChI=1S/C19H24N2O4/c22-17(13-14-4-3-5-16(12-14)19(24)25)20-10-6-15(7-11-20)18(23)21-8-1-2-9-21/h3-5,12,15H,1-2,6-11,13H2,(H,24,25). The zero-order chi connectivity index (χ0) is 17.8. The molecule has 0 atom stereocenters. The monoisotopic (exact) mass is 344 g/mol. The van der Waals surface area contributed by atoms with Crippen molar-refractivity contribution in [2.24, 2.45) is 5.92 Å². The Labute approximate surface area is 147 Å². The molecule has 0 aliphatic carbocycles. The number of piperidine rings is 1. The van der Waals surface area contributed by atoms with Crippen molar-refractivity contribution in [3.63, 3.8) is 0 Å². The second-order valence-corrected chi connectivity index (χ2v) is 6.87. The van der Waals surface area contributed by atoms with Crippen LogP contribution in [0.4, 0.5) is 0 Å². The Morgan fingerprint density at radius 2 is 1.68 bits per heavy atom. The van der Waals surface area contributed by atoms with Gasteiger partial charge in [0.05, 0.1) is 12.0 Å². The SMILES string of the molecule is O=C(O)c1cccc(CC(=O)N2CCC(C(=O)N3CCCC3)CC2)c1. The van der Waals surface area contributed by atoms with E-state index in [4.69, 9.17) is 5.11 Å². The smallest absolute Gasteiger partial charge is 0.335 e. The molecule has 0 saturated carbocycles. The van der Waals surface area contributed by atoms with Crippen LogP contribution in [0.15, 0.2) is 24.3 Å². The number of hydrogen-bond acceptors (Lipinski definition) is 3. The van der Waals surface area contributed by atoms with E-state index >= 15 is 0 Å². The van der Waals surface area contributed by atoms with Gasteiger partial charge >= 0.3 is 5.97 Å². The Kier molecular flexibility index (Phi) is 5.36. The van der Waals surface area contributed by atoms with E-state index in [1.54, 1.807) is 23.1 Å². The Hall–Kier alpha value is -2.37. The van der Waals surface area contributed by atoms with Gasteiger partial charge in [0.15, 0.2) is 0 Å². The van der Waals surface area contributed by atoms with Gasteiger partial charge in [-0.25, -0.2) is 4.79 Å². The maximum atomic E-state index is 12.5. The minimum atomic E-state index is -0.990. The molecule has 2 aliphatic heterocycles. The second-order valence-electron chi connectivity index (χ2n) is 6.87. The number of rotatable bonds is 4. The van der Waals surface area contributed by atoms with Gasteiger partial charge in [0.25, 0.3) is 0 Å². The van der Waals surface area contributed by atoms with Crippen LogP contribution in [0.2, 0.25) is 0 Å². The summed E-state index contributed by atoms with van der Waals surface area (Å²) in [7, 11) is 0. The minimum Gasteiger partial charge on any atom is -0.478 e. The molecule has 0 unspecified atom stereocenters. The third kappa shape index (κ3) is 4.18. The van der Waals surface area contributed by atoms with Crippen molar-refractivity contribution < 1.29 is 19.5 Å². The van der Waals surface area contributed by atoms with Crippen LogP contribution in [0.3, 0.4) is 0 Å². The molecule has 2 heterocycles. The van der Waals surface area contributed by atoms with Gasteiger partial charge in [0.1, 0.15) is 0 Å². The molecule has 6 nitrogen and oxygen atoms in total. The van der Waals surface area contributed by atoms with Gasteiger partial charge in [-0.1, -0.05) is 12.1 Å². The number of amides is 2. The first-order chi connectivity index (χ1) is 12.0. The first-order valence-electron chi connectivity index (χ1n) is 8.93. The number of hydrogen-bond donors (Lipinski definition) is 1. The lowest BCUT2D eigenvalue weighted by molar-refractivity contribution is -0.139. The Balaban J connectivity index is 1.52. The first-order valence-corrected chi connectivity index (χ1v) is 8.93. The van der Waals surface area contributed by atoms with Gasteiger partial charge in [0, 0.05) is 32.1 Å². The van der Waals surface area contributed by atoms with Gasteiger partial charge in [-0.3, -0.25) is 9.59 Å². The predicted molar refractivity (Wildman–Crippen MR) is 92.2 cm³/mol. The maximum absolute atomic E-state index is 12.5. The van der Waals surface area contributed by atoms with Crippen LogP contribution < -0.4 is 0 Å².